The molecule has 4 nitrogen and oxygen atoms in total. The van der Waals surface area contributed by atoms with Gasteiger partial charge in [0.15, 0.2) is 0 Å². The molecule has 0 aliphatic carbocycles. The molecule has 1 N–H and O–H groups in total. The zero-order chi connectivity index (χ0) is 20.0. The van der Waals surface area contributed by atoms with Crippen LogP contribution in [0.2, 0.25) is 0 Å². The van der Waals surface area contributed by atoms with Gasteiger partial charge in [-0.3, -0.25) is 4.79 Å². The van der Waals surface area contributed by atoms with E-state index in [-0.39, 0.29) is 17.7 Å². The highest BCUT2D eigenvalue weighted by Gasteiger charge is 2.31. The van der Waals surface area contributed by atoms with Crippen molar-refractivity contribution in [2.45, 2.75) is 25.2 Å². The molecule has 1 amide bonds. The highest BCUT2D eigenvalue weighted by molar-refractivity contribution is 5.91. The predicted molar refractivity (Wildman–Crippen MR) is 102 cm³/mol. The van der Waals surface area contributed by atoms with E-state index in [0.717, 1.165) is 24.1 Å². The molecule has 3 rings (SSSR count). The number of carbonyl (C=O) groups is 1. The van der Waals surface area contributed by atoms with E-state index in [4.69, 9.17) is 0 Å². The fraction of sp³-hybridized carbons (Fsp3) is 0.286. The van der Waals surface area contributed by atoms with E-state index in [0.29, 0.717) is 13.1 Å². The number of halogens is 3. The molecule has 0 unspecified atom stereocenters. The molecule has 0 saturated carbocycles. The summed E-state index contributed by atoms with van der Waals surface area (Å²) < 4.78 is 40.6. The highest BCUT2D eigenvalue weighted by Crippen LogP contribution is 2.26. The van der Waals surface area contributed by atoms with E-state index >= 15 is 0 Å². The van der Waals surface area contributed by atoms with Crippen LogP contribution in [-0.2, 0) is 4.79 Å². The number of nitrogens with zero attached hydrogens (tertiary/aromatic N) is 1. The Morgan fingerprint density at radius 1 is 1.04 bits per heavy atom. The number of amides is 1. The third kappa shape index (κ3) is 6.04. The monoisotopic (exact) mass is 390 g/mol. The molecule has 148 valence electrons. The normalized spacial score (nSPS) is 15.6. The quantitative estimate of drug-likeness (QED) is 0.771. The third-order valence-corrected chi connectivity index (χ3v) is 4.50. The zero-order valence-corrected chi connectivity index (χ0v) is 15.2. The van der Waals surface area contributed by atoms with Crippen molar-refractivity contribution in [2.75, 3.05) is 18.0 Å². The number of hydrogen-bond acceptors (Lipinski definition) is 3. The van der Waals surface area contributed by atoms with Gasteiger partial charge in [0, 0.05) is 30.9 Å². The van der Waals surface area contributed by atoms with Crippen molar-refractivity contribution < 1.29 is 22.7 Å². The van der Waals surface area contributed by atoms with Crippen molar-refractivity contribution in [1.29, 1.82) is 0 Å². The van der Waals surface area contributed by atoms with Crippen LogP contribution in [0.5, 0.6) is 5.75 Å². The Bertz CT molecular complexity index is 797. The van der Waals surface area contributed by atoms with Gasteiger partial charge in [-0.15, -0.1) is 13.2 Å². The maximum atomic E-state index is 12.2. The van der Waals surface area contributed by atoms with E-state index in [2.05, 4.69) is 15.0 Å². The molecule has 0 aromatic heterocycles. The van der Waals surface area contributed by atoms with Gasteiger partial charge in [-0.1, -0.05) is 30.3 Å². The Morgan fingerprint density at radius 3 is 2.29 bits per heavy atom. The molecule has 0 spiro atoms. The molecular weight excluding hydrogens is 369 g/mol. The van der Waals surface area contributed by atoms with Crippen LogP contribution < -0.4 is 15.0 Å². The number of alkyl halides is 3. The van der Waals surface area contributed by atoms with E-state index < -0.39 is 6.36 Å². The average molecular weight is 390 g/mol. The topological polar surface area (TPSA) is 41.6 Å². The molecule has 1 aliphatic heterocycles. The number of rotatable bonds is 5. The van der Waals surface area contributed by atoms with Gasteiger partial charge in [-0.25, -0.2) is 0 Å². The minimum absolute atomic E-state index is 0.0806. The van der Waals surface area contributed by atoms with E-state index in [1.54, 1.807) is 18.2 Å². The van der Waals surface area contributed by atoms with Gasteiger partial charge in [-0.05, 0) is 48.7 Å². The Hall–Kier alpha value is -2.96. The molecule has 1 aliphatic rings. The van der Waals surface area contributed by atoms with Crippen molar-refractivity contribution in [3.05, 3.63) is 66.2 Å². The lowest BCUT2D eigenvalue weighted by molar-refractivity contribution is -0.274. The summed E-state index contributed by atoms with van der Waals surface area (Å²) in [6.45, 7) is 1.43. The number of carbonyl (C=O) groups excluding carboxylic acids is 1. The summed E-state index contributed by atoms with van der Waals surface area (Å²) in [4.78, 5) is 14.2. The summed E-state index contributed by atoms with van der Waals surface area (Å²) in [5.74, 6) is -0.362. The Kier molecular flexibility index (Phi) is 6.23. The van der Waals surface area contributed by atoms with Gasteiger partial charge in [0.25, 0.3) is 0 Å². The first kappa shape index (κ1) is 19.8. The van der Waals surface area contributed by atoms with Crippen LogP contribution in [0.25, 0.3) is 6.08 Å². The molecule has 0 bridgehead atoms. The fourth-order valence-electron chi connectivity index (χ4n) is 3.13. The molecule has 2 aromatic carbocycles. The van der Waals surface area contributed by atoms with Crippen LogP contribution >= 0.6 is 0 Å². The number of ether oxygens (including phenoxy) is 1. The number of anilines is 1. The van der Waals surface area contributed by atoms with E-state index in [1.807, 2.05) is 30.3 Å². The minimum Gasteiger partial charge on any atom is -0.406 e. The van der Waals surface area contributed by atoms with Crippen molar-refractivity contribution in [3.63, 3.8) is 0 Å². The van der Waals surface area contributed by atoms with Gasteiger partial charge >= 0.3 is 6.36 Å². The van der Waals surface area contributed by atoms with Crippen LogP contribution in [0.3, 0.4) is 0 Å². The fourth-order valence-corrected chi connectivity index (χ4v) is 3.13. The van der Waals surface area contributed by atoms with Crippen LogP contribution in [0.15, 0.2) is 60.7 Å². The van der Waals surface area contributed by atoms with Crippen LogP contribution in [0, 0.1) is 0 Å². The second kappa shape index (κ2) is 8.82. The number of hydrogen-bond donors (Lipinski definition) is 1. The Balaban J connectivity index is 1.46. The minimum atomic E-state index is -4.69. The highest BCUT2D eigenvalue weighted by atomic mass is 19.4. The summed E-state index contributed by atoms with van der Waals surface area (Å²) in [6, 6.07) is 15.5. The lowest BCUT2D eigenvalue weighted by Gasteiger charge is -2.33. The van der Waals surface area contributed by atoms with Gasteiger partial charge in [0.1, 0.15) is 5.75 Å². The first-order chi connectivity index (χ1) is 13.4. The summed E-state index contributed by atoms with van der Waals surface area (Å²) in [5.41, 5.74) is 1.80. The number of nitrogens with one attached hydrogen (secondary N) is 1. The number of piperidine rings is 1. The Labute approximate surface area is 161 Å². The van der Waals surface area contributed by atoms with Gasteiger partial charge in [0.05, 0.1) is 0 Å². The maximum Gasteiger partial charge on any atom is 0.573 e. The summed E-state index contributed by atoms with van der Waals surface area (Å²) in [5, 5.41) is 3.00. The first-order valence-corrected chi connectivity index (χ1v) is 9.03. The molecule has 0 atom stereocenters. The predicted octanol–water partition coefficient (Wildman–Crippen LogP) is 4.38. The number of benzene rings is 2. The zero-order valence-electron chi connectivity index (χ0n) is 15.2. The van der Waals surface area contributed by atoms with Crippen LogP contribution in [0.4, 0.5) is 18.9 Å². The largest absolute Gasteiger partial charge is 0.573 e. The van der Waals surface area contributed by atoms with Crippen LogP contribution in [0.1, 0.15) is 18.4 Å². The van der Waals surface area contributed by atoms with Crippen LogP contribution in [-0.4, -0.2) is 31.4 Å². The van der Waals surface area contributed by atoms with E-state index in [9.17, 15) is 18.0 Å². The molecule has 1 heterocycles. The van der Waals surface area contributed by atoms with Gasteiger partial charge < -0.3 is 15.0 Å². The van der Waals surface area contributed by atoms with Crippen molar-refractivity contribution in [2.24, 2.45) is 0 Å². The second-order valence-corrected chi connectivity index (χ2v) is 6.56. The average Bonchev–Trinajstić information content (AvgIpc) is 2.67. The van der Waals surface area contributed by atoms with Crippen molar-refractivity contribution >= 4 is 17.7 Å². The molecule has 1 saturated heterocycles. The Morgan fingerprint density at radius 2 is 1.68 bits per heavy atom. The SMILES string of the molecule is O=C(/C=C/c1ccccc1)NC1CCN(c2ccc(OC(F)(F)F)cc2)CC1. The second-order valence-electron chi connectivity index (χ2n) is 6.56. The van der Waals surface area contributed by atoms with E-state index in [1.165, 1.54) is 18.2 Å². The van der Waals surface area contributed by atoms with Gasteiger partial charge in [-0.2, -0.15) is 0 Å². The molecule has 1 fully saturated rings. The lowest BCUT2D eigenvalue weighted by atomic mass is 10.0. The molecular formula is C21H21F3N2O2. The first-order valence-electron chi connectivity index (χ1n) is 9.03. The standard InChI is InChI=1S/C21H21F3N2O2/c22-21(23,24)28-19-9-7-18(8-10-19)26-14-12-17(13-15-26)25-20(27)11-6-16-4-2-1-3-5-16/h1-11,17H,12-15H2,(H,25,27)/b11-6+. The molecule has 7 heteroatoms. The van der Waals surface area contributed by atoms with Crippen molar-refractivity contribution in [1.82, 2.24) is 5.32 Å². The third-order valence-electron chi connectivity index (χ3n) is 4.50. The summed E-state index contributed by atoms with van der Waals surface area (Å²) in [7, 11) is 0. The van der Waals surface area contributed by atoms with Gasteiger partial charge in [0.2, 0.25) is 5.91 Å². The maximum absolute atomic E-state index is 12.2. The summed E-state index contributed by atoms with van der Waals surface area (Å²) >= 11 is 0. The summed E-state index contributed by atoms with van der Waals surface area (Å²) in [6.07, 6.45) is 0.153. The molecule has 0 radical (unpaired) electrons. The smallest absolute Gasteiger partial charge is 0.406 e. The molecule has 28 heavy (non-hydrogen) atoms. The lowest BCUT2D eigenvalue weighted by Crippen LogP contribution is -2.44. The van der Waals surface area contributed by atoms with Crippen molar-refractivity contribution in [3.8, 4) is 5.75 Å². The molecule has 2 aromatic rings.